The molecule has 1 aromatic heterocycles. The number of amides is 1. The number of rotatable bonds is 2. The highest BCUT2D eigenvalue weighted by Crippen LogP contribution is 2.41. The van der Waals surface area contributed by atoms with Crippen molar-refractivity contribution in [3.63, 3.8) is 0 Å². The zero-order chi connectivity index (χ0) is 18.5. The van der Waals surface area contributed by atoms with E-state index in [2.05, 4.69) is 59.7 Å². The Balaban J connectivity index is 1.48. The molecule has 2 aliphatic heterocycles. The molecule has 138 valence electrons. The molecule has 0 fully saturated rings. The van der Waals surface area contributed by atoms with Crippen molar-refractivity contribution in [3.8, 4) is 0 Å². The van der Waals surface area contributed by atoms with E-state index < -0.39 is 0 Å². The third-order valence-corrected chi connectivity index (χ3v) is 6.85. The number of fused-ring (bicyclic) bond motifs is 4. The molecule has 2 aromatic carbocycles. The van der Waals surface area contributed by atoms with Gasteiger partial charge in [0.05, 0.1) is 5.56 Å². The van der Waals surface area contributed by atoms with E-state index in [-0.39, 0.29) is 12.1 Å². The Bertz CT molecular complexity index is 1040. The van der Waals surface area contributed by atoms with Crippen molar-refractivity contribution in [2.75, 3.05) is 11.9 Å². The quantitative estimate of drug-likeness (QED) is 0.690. The maximum atomic E-state index is 12.9. The van der Waals surface area contributed by atoms with Gasteiger partial charge < -0.3 is 10.6 Å². The molecule has 0 aliphatic carbocycles. The summed E-state index contributed by atoms with van der Waals surface area (Å²) in [5.41, 5.74) is 3.20. The molecule has 2 N–H and O–H groups in total. The van der Waals surface area contributed by atoms with Crippen molar-refractivity contribution >= 4 is 33.0 Å². The van der Waals surface area contributed by atoms with Gasteiger partial charge >= 0.3 is 0 Å². The first kappa shape index (κ1) is 16.8. The standard InChI is InChI=1S/C22H23N3OS/c1-13(2)25-10-9-17-18(12-25)27-22-19(17)21(26)23-20(24-22)16-8-7-14-5-3-4-6-15(14)11-16/h3-8,11,13,20,24H,9-10,12H2,1-2H3,(H,23,26)/t20-/m1/s1. The van der Waals surface area contributed by atoms with Crippen LogP contribution in [0.15, 0.2) is 42.5 Å². The molecule has 0 saturated heterocycles. The lowest BCUT2D eigenvalue weighted by Crippen LogP contribution is -2.39. The fourth-order valence-electron chi connectivity index (χ4n) is 4.13. The molecule has 0 spiro atoms. The van der Waals surface area contributed by atoms with E-state index in [1.54, 1.807) is 11.3 Å². The second-order valence-electron chi connectivity index (χ2n) is 7.68. The average molecular weight is 378 g/mol. The number of nitrogens with zero attached hydrogens (tertiary/aromatic N) is 1. The van der Waals surface area contributed by atoms with Crippen LogP contribution in [-0.4, -0.2) is 23.4 Å². The molecule has 2 aliphatic rings. The second-order valence-corrected chi connectivity index (χ2v) is 8.78. The molecule has 1 atom stereocenters. The SMILES string of the molecule is CC(C)N1CCc2c(sc3c2C(=O)N[C@@H](c2ccc4ccccc4c2)N3)C1. The number of hydrogen-bond donors (Lipinski definition) is 2. The minimum absolute atomic E-state index is 0.0532. The van der Waals surface area contributed by atoms with Crippen LogP contribution in [0.25, 0.3) is 10.8 Å². The smallest absolute Gasteiger partial charge is 0.256 e. The van der Waals surface area contributed by atoms with E-state index >= 15 is 0 Å². The van der Waals surface area contributed by atoms with Gasteiger partial charge in [0.15, 0.2) is 0 Å². The van der Waals surface area contributed by atoms with Crippen molar-refractivity contribution < 1.29 is 4.79 Å². The van der Waals surface area contributed by atoms with Gasteiger partial charge in [-0.15, -0.1) is 11.3 Å². The van der Waals surface area contributed by atoms with Crippen LogP contribution in [0, 0.1) is 0 Å². The van der Waals surface area contributed by atoms with E-state index in [4.69, 9.17) is 0 Å². The maximum Gasteiger partial charge on any atom is 0.256 e. The lowest BCUT2D eigenvalue weighted by molar-refractivity contribution is 0.0934. The lowest BCUT2D eigenvalue weighted by atomic mass is 9.99. The summed E-state index contributed by atoms with van der Waals surface area (Å²) < 4.78 is 0. The Morgan fingerprint density at radius 3 is 2.74 bits per heavy atom. The molecule has 0 bridgehead atoms. The summed E-state index contributed by atoms with van der Waals surface area (Å²) in [6.07, 6.45) is 0.769. The van der Waals surface area contributed by atoms with Crippen molar-refractivity contribution in [2.24, 2.45) is 0 Å². The highest BCUT2D eigenvalue weighted by Gasteiger charge is 2.33. The molecular formula is C22H23N3OS. The summed E-state index contributed by atoms with van der Waals surface area (Å²) in [5.74, 6) is 0.0532. The first-order valence-electron chi connectivity index (χ1n) is 9.55. The summed E-state index contributed by atoms with van der Waals surface area (Å²) in [4.78, 5) is 16.7. The highest BCUT2D eigenvalue weighted by atomic mass is 32.1. The molecular weight excluding hydrogens is 354 g/mol. The van der Waals surface area contributed by atoms with Gasteiger partial charge in [-0.25, -0.2) is 0 Å². The number of benzene rings is 2. The summed E-state index contributed by atoms with van der Waals surface area (Å²) in [6.45, 7) is 6.44. The maximum absolute atomic E-state index is 12.9. The minimum atomic E-state index is -0.184. The molecule has 3 heterocycles. The minimum Gasteiger partial charge on any atom is -0.353 e. The first-order valence-corrected chi connectivity index (χ1v) is 10.4. The van der Waals surface area contributed by atoms with Crippen molar-refractivity contribution in [1.29, 1.82) is 0 Å². The van der Waals surface area contributed by atoms with Crippen LogP contribution in [-0.2, 0) is 13.0 Å². The third-order valence-electron chi connectivity index (χ3n) is 5.70. The second kappa shape index (κ2) is 6.36. The van der Waals surface area contributed by atoms with E-state index in [0.29, 0.717) is 6.04 Å². The number of hydrogen-bond acceptors (Lipinski definition) is 4. The number of thiophene rings is 1. The summed E-state index contributed by atoms with van der Waals surface area (Å²) in [6, 6.07) is 15.2. The predicted molar refractivity (Wildman–Crippen MR) is 111 cm³/mol. The summed E-state index contributed by atoms with van der Waals surface area (Å²) >= 11 is 1.75. The van der Waals surface area contributed by atoms with E-state index in [0.717, 1.165) is 35.6 Å². The van der Waals surface area contributed by atoms with Gasteiger partial charge in [0, 0.05) is 24.0 Å². The summed E-state index contributed by atoms with van der Waals surface area (Å²) in [5, 5.41) is 10.2. The first-order chi connectivity index (χ1) is 13.1. The largest absolute Gasteiger partial charge is 0.353 e. The van der Waals surface area contributed by atoms with E-state index in [1.165, 1.54) is 21.2 Å². The Kier molecular flexibility index (Phi) is 3.95. The van der Waals surface area contributed by atoms with Crippen LogP contribution < -0.4 is 10.6 Å². The number of nitrogens with one attached hydrogen (secondary N) is 2. The highest BCUT2D eigenvalue weighted by molar-refractivity contribution is 7.16. The Morgan fingerprint density at radius 2 is 1.93 bits per heavy atom. The number of carbonyl (C=O) groups is 1. The van der Waals surface area contributed by atoms with Crippen LogP contribution in [0.5, 0.6) is 0 Å². The third kappa shape index (κ3) is 2.82. The molecule has 5 rings (SSSR count). The van der Waals surface area contributed by atoms with Crippen LogP contribution in [0.2, 0.25) is 0 Å². The van der Waals surface area contributed by atoms with E-state index in [1.807, 2.05) is 12.1 Å². The average Bonchev–Trinajstić information content (AvgIpc) is 3.05. The summed E-state index contributed by atoms with van der Waals surface area (Å²) in [7, 11) is 0. The van der Waals surface area contributed by atoms with Gasteiger partial charge in [-0.05, 0) is 48.2 Å². The molecule has 3 aromatic rings. The number of anilines is 1. The van der Waals surface area contributed by atoms with Gasteiger partial charge in [0.25, 0.3) is 5.91 Å². The molecule has 0 radical (unpaired) electrons. The Labute approximate surface area is 163 Å². The van der Waals surface area contributed by atoms with Crippen molar-refractivity contribution in [2.45, 2.75) is 39.0 Å². The molecule has 5 heteroatoms. The lowest BCUT2D eigenvalue weighted by Gasteiger charge is -2.31. The van der Waals surface area contributed by atoms with Crippen LogP contribution in [0.4, 0.5) is 5.00 Å². The zero-order valence-electron chi connectivity index (χ0n) is 15.6. The fraction of sp³-hybridized carbons (Fsp3) is 0.318. The van der Waals surface area contributed by atoms with Gasteiger partial charge in [0.1, 0.15) is 11.2 Å². The van der Waals surface area contributed by atoms with E-state index in [9.17, 15) is 4.79 Å². The molecule has 1 amide bonds. The van der Waals surface area contributed by atoms with Gasteiger partial charge in [-0.3, -0.25) is 9.69 Å². The normalized spacial score (nSPS) is 19.5. The van der Waals surface area contributed by atoms with Crippen LogP contribution in [0.3, 0.4) is 0 Å². The predicted octanol–water partition coefficient (Wildman–Crippen LogP) is 4.52. The van der Waals surface area contributed by atoms with Crippen LogP contribution in [0.1, 0.15) is 46.4 Å². The van der Waals surface area contributed by atoms with Crippen LogP contribution >= 0.6 is 11.3 Å². The fourth-order valence-corrected chi connectivity index (χ4v) is 5.43. The molecule has 4 nitrogen and oxygen atoms in total. The molecule has 0 saturated carbocycles. The van der Waals surface area contributed by atoms with Gasteiger partial charge in [0.2, 0.25) is 0 Å². The van der Waals surface area contributed by atoms with Crippen molar-refractivity contribution in [1.82, 2.24) is 10.2 Å². The Hall–Kier alpha value is -2.37. The number of carbonyl (C=O) groups excluding carboxylic acids is 1. The van der Waals surface area contributed by atoms with Crippen molar-refractivity contribution in [3.05, 3.63) is 64.0 Å². The Morgan fingerprint density at radius 1 is 1.11 bits per heavy atom. The van der Waals surface area contributed by atoms with Gasteiger partial charge in [-0.2, -0.15) is 0 Å². The zero-order valence-corrected chi connectivity index (χ0v) is 16.4. The molecule has 27 heavy (non-hydrogen) atoms. The molecule has 0 unspecified atom stereocenters. The topological polar surface area (TPSA) is 44.4 Å². The van der Waals surface area contributed by atoms with Gasteiger partial charge in [-0.1, -0.05) is 36.4 Å². The monoisotopic (exact) mass is 377 g/mol.